The number of nitrogens with two attached hydrogens (primary N) is 1. The number of guanidine groups is 1. The van der Waals surface area contributed by atoms with E-state index in [1.807, 2.05) is 18.2 Å². The van der Waals surface area contributed by atoms with Crippen molar-refractivity contribution in [1.29, 1.82) is 0 Å². The smallest absolute Gasteiger partial charge is 0.189 e. The Morgan fingerprint density at radius 2 is 1.76 bits per heavy atom. The zero-order valence-electron chi connectivity index (χ0n) is 14.6. The number of phenols is 1. The summed E-state index contributed by atoms with van der Waals surface area (Å²) >= 11 is 0. The van der Waals surface area contributed by atoms with Crippen molar-refractivity contribution in [2.45, 2.75) is 13.1 Å². The Hall–Kier alpha value is -3.09. The van der Waals surface area contributed by atoms with Crippen LogP contribution in [0.25, 0.3) is 0 Å². The maximum Gasteiger partial charge on any atom is 0.189 e. The van der Waals surface area contributed by atoms with E-state index >= 15 is 0 Å². The number of phenolic OH excluding ortho intramolecular Hbond substituents is 1. The fraction of sp³-hybridized carbons (Fsp3) is 0.278. The molecule has 2 aromatic rings. The number of nitrogens with one attached hydrogen (secondary N) is 1. The van der Waals surface area contributed by atoms with Crippen LogP contribution in [0.1, 0.15) is 11.1 Å². The van der Waals surface area contributed by atoms with Gasteiger partial charge in [0.25, 0.3) is 0 Å². The number of hydrogen-bond acceptors (Lipinski definition) is 5. The predicted octanol–water partition coefficient (Wildman–Crippen LogP) is 2.02. The number of rotatable bonds is 7. The van der Waals surface area contributed by atoms with Gasteiger partial charge in [0.05, 0.1) is 27.9 Å². The van der Waals surface area contributed by atoms with Crippen molar-refractivity contribution in [1.82, 2.24) is 5.32 Å². The molecule has 0 aliphatic rings. The molecule has 0 heterocycles. The van der Waals surface area contributed by atoms with Crippen molar-refractivity contribution in [3.63, 3.8) is 0 Å². The molecule has 2 aromatic carbocycles. The van der Waals surface area contributed by atoms with Crippen LogP contribution in [-0.2, 0) is 13.1 Å². The molecule has 0 saturated heterocycles. The molecule has 7 nitrogen and oxygen atoms in total. The van der Waals surface area contributed by atoms with Crippen LogP contribution in [0.3, 0.4) is 0 Å². The standard InChI is InChI=1S/C18H23N3O4/c1-23-14-8-7-12(9-16(14)25-3)10-20-18(19)21-11-13-5-4-6-15(24-2)17(13)22/h4-9,22H,10-11H2,1-3H3,(H3,19,20,21). The maximum atomic E-state index is 10.0. The second-order valence-corrected chi connectivity index (χ2v) is 5.21. The lowest BCUT2D eigenvalue weighted by Crippen LogP contribution is -2.31. The SMILES string of the molecule is COc1ccc(CN=C(N)NCc2cccc(OC)c2O)cc1OC. The summed E-state index contributed by atoms with van der Waals surface area (Å²) in [5, 5.41) is 13.0. The Kier molecular flexibility index (Phi) is 6.33. The molecular weight excluding hydrogens is 322 g/mol. The van der Waals surface area contributed by atoms with E-state index < -0.39 is 0 Å². The van der Waals surface area contributed by atoms with Gasteiger partial charge in [0, 0.05) is 12.1 Å². The predicted molar refractivity (Wildman–Crippen MR) is 96.4 cm³/mol. The number of ether oxygens (including phenoxy) is 3. The van der Waals surface area contributed by atoms with Crippen LogP contribution in [-0.4, -0.2) is 32.4 Å². The normalized spacial score (nSPS) is 11.1. The number of nitrogens with zero attached hydrogens (tertiary/aromatic N) is 1. The minimum absolute atomic E-state index is 0.0881. The van der Waals surface area contributed by atoms with E-state index in [1.54, 1.807) is 32.4 Å². The first kappa shape index (κ1) is 18.3. The van der Waals surface area contributed by atoms with Gasteiger partial charge in [0.15, 0.2) is 29.0 Å². The van der Waals surface area contributed by atoms with E-state index in [0.717, 1.165) is 5.56 Å². The molecule has 0 aliphatic heterocycles. The summed E-state index contributed by atoms with van der Waals surface area (Å²) < 4.78 is 15.5. The number of methoxy groups -OCH3 is 3. The Balaban J connectivity index is 1.98. The summed E-state index contributed by atoms with van der Waals surface area (Å²) in [4.78, 5) is 4.29. The van der Waals surface area contributed by atoms with E-state index in [4.69, 9.17) is 19.9 Å². The van der Waals surface area contributed by atoms with Gasteiger partial charge in [-0.15, -0.1) is 0 Å². The summed E-state index contributed by atoms with van der Waals surface area (Å²) in [5.74, 6) is 2.08. The fourth-order valence-electron chi connectivity index (χ4n) is 2.27. The molecule has 0 amide bonds. The van der Waals surface area contributed by atoms with Crippen LogP contribution in [0.15, 0.2) is 41.4 Å². The van der Waals surface area contributed by atoms with Crippen molar-refractivity contribution in [2.24, 2.45) is 10.7 Å². The van der Waals surface area contributed by atoms with Crippen molar-refractivity contribution >= 4 is 5.96 Å². The highest BCUT2D eigenvalue weighted by molar-refractivity contribution is 5.77. The largest absolute Gasteiger partial charge is 0.504 e. The highest BCUT2D eigenvalue weighted by Gasteiger charge is 2.07. The summed E-state index contributed by atoms with van der Waals surface area (Å²) in [6.45, 7) is 0.730. The van der Waals surface area contributed by atoms with Crippen molar-refractivity contribution in [2.75, 3.05) is 21.3 Å². The van der Waals surface area contributed by atoms with Crippen LogP contribution in [0.4, 0.5) is 0 Å². The minimum atomic E-state index is 0.0881. The first-order valence-corrected chi connectivity index (χ1v) is 7.68. The van der Waals surface area contributed by atoms with Crippen molar-refractivity contribution in [3.05, 3.63) is 47.5 Å². The van der Waals surface area contributed by atoms with Gasteiger partial charge in [-0.3, -0.25) is 0 Å². The molecule has 0 aromatic heterocycles. The molecule has 2 rings (SSSR count). The summed E-state index contributed by atoms with van der Waals surface area (Å²) in [7, 11) is 4.68. The van der Waals surface area contributed by atoms with Gasteiger partial charge >= 0.3 is 0 Å². The lowest BCUT2D eigenvalue weighted by molar-refractivity contribution is 0.354. The molecule has 4 N–H and O–H groups in total. The lowest BCUT2D eigenvalue weighted by atomic mass is 10.2. The molecule has 0 fully saturated rings. The van der Waals surface area contributed by atoms with Crippen LogP contribution in [0.5, 0.6) is 23.0 Å². The third-order valence-corrected chi connectivity index (χ3v) is 3.64. The topological polar surface area (TPSA) is 98.3 Å². The first-order chi connectivity index (χ1) is 12.1. The van der Waals surface area contributed by atoms with Gasteiger partial charge in [-0.2, -0.15) is 0 Å². The molecule has 0 unspecified atom stereocenters. The average molecular weight is 345 g/mol. The second-order valence-electron chi connectivity index (χ2n) is 5.21. The van der Waals surface area contributed by atoms with Crippen LogP contribution < -0.4 is 25.3 Å². The summed E-state index contributed by atoms with van der Waals surface area (Å²) in [6.07, 6.45) is 0. The number of aliphatic imine (C=N–C) groups is 1. The van der Waals surface area contributed by atoms with Gasteiger partial charge < -0.3 is 30.4 Å². The highest BCUT2D eigenvalue weighted by Crippen LogP contribution is 2.29. The molecule has 7 heteroatoms. The van der Waals surface area contributed by atoms with Gasteiger partial charge in [-0.1, -0.05) is 18.2 Å². The third kappa shape index (κ3) is 4.69. The third-order valence-electron chi connectivity index (χ3n) is 3.64. The van der Waals surface area contributed by atoms with Crippen LogP contribution in [0.2, 0.25) is 0 Å². The molecule has 134 valence electrons. The van der Waals surface area contributed by atoms with E-state index in [2.05, 4.69) is 10.3 Å². The molecule has 0 aliphatic carbocycles. The Morgan fingerprint density at radius 3 is 2.44 bits per heavy atom. The number of benzene rings is 2. The second kappa shape index (κ2) is 8.68. The molecule has 0 atom stereocenters. The Morgan fingerprint density at radius 1 is 1.04 bits per heavy atom. The van der Waals surface area contributed by atoms with Crippen molar-refractivity contribution in [3.8, 4) is 23.0 Å². The summed E-state index contributed by atoms with van der Waals surface area (Å²) in [5.41, 5.74) is 7.49. The molecule has 0 saturated carbocycles. The van der Waals surface area contributed by atoms with Crippen LogP contribution in [0, 0.1) is 0 Å². The average Bonchev–Trinajstić information content (AvgIpc) is 2.65. The zero-order valence-corrected chi connectivity index (χ0v) is 14.6. The highest BCUT2D eigenvalue weighted by atomic mass is 16.5. The Bertz CT molecular complexity index is 747. The monoisotopic (exact) mass is 345 g/mol. The van der Waals surface area contributed by atoms with Gasteiger partial charge in [-0.05, 0) is 23.8 Å². The zero-order chi connectivity index (χ0) is 18.2. The summed E-state index contributed by atoms with van der Waals surface area (Å²) in [6, 6.07) is 10.8. The van der Waals surface area contributed by atoms with E-state index in [0.29, 0.717) is 35.9 Å². The van der Waals surface area contributed by atoms with Gasteiger partial charge in [0.2, 0.25) is 0 Å². The maximum absolute atomic E-state index is 10.0. The van der Waals surface area contributed by atoms with E-state index in [-0.39, 0.29) is 11.7 Å². The molecular formula is C18H23N3O4. The first-order valence-electron chi connectivity index (χ1n) is 7.68. The molecule has 0 bridgehead atoms. The van der Waals surface area contributed by atoms with E-state index in [9.17, 15) is 5.11 Å². The quantitative estimate of drug-likeness (QED) is 0.525. The number of hydrogen-bond donors (Lipinski definition) is 3. The minimum Gasteiger partial charge on any atom is -0.504 e. The number of aromatic hydroxyl groups is 1. The fourth-order valence-corrected chi connectivity index (χ4v) is 2.27. The molecule has 0 spiro atoms. The van der Waals surface area contributed by atoms with Crippen molar-refractivity contribution < 1.29 is 19.3 Å². The molecule has 25 heavy (non-hydrogen) atoms. The number of para-hydroxylation sites is 1. The van der Waals surface area contributed by atoms with Gasteiger partial charge in [-0.25, -0.2) is 4.99 Å². The van der Waals surface area contributed by atoms with Crippen LogP contribution >= 0.6 is 0 Å². The molecule has 0 radical (unpaired) electrons. The Labute approximate surface area is 147 Å². The lowest BCUT2D eigenvalue weighted by Gasteiger charge is -2.11. The van der Waals surface area contributed by atoms with E-state index in [1.165, 1.54) is 7.11 Å². The van der Waals surface area contributed by atoms with Gasteiger partial charge in [0.1, 0.15) is 0 Å².